The SMILES string of the molecule is CCNC(=O)c1ccccc1NC(=O)C1CCCNC1. The Bertz CT molecular complexity index is 482. The molecule has 0 bridgehead atoms. The molecule has 1 unspecified atom stereocenters. The molecule has 1 atom stereocenters. The van der Waals surface area contributed by atoms with E-state index in [1.165, 1.54) is 0 Å². The van der Waals surface area contributed by atoms with Gasteiger partial charge in [-0.2, -0.15) is 0 Å². The molecular weight excluding hydrogens is 254 g/mol. The van der Waals surface area contributed by atoms with Crippen LogP contribution in [0.5, 0.6) is 0 Å². The summed E-state index contributed by atoms with van der Waals surface area (Å²) < 4.78 is 0. The number of anilines is 1. The average molecular weight is 275 g/mol. The summed E-state index contributed by atoms with van der Waals surface area (Å²) in [7, 11) is 0. The number of hydrogen-bond acceptors (Lipinski definition) is 3. The Morgan fingerprint density at radius 1 is 1.35 bits per heavy atom. The van der Waals surface area contributed by atoms with Crippen LogP contribution in [0.4, 0.5) is 5.69 Å². The standard InChI is InChI=1S/C15H21N3O2/c1-2-17-15(20)12-7-3-4-8-13(12)18-14(19)11-6-5-9-16-10-11/h3-4,7-8,11,16H,2,5-6,9-10H2,1H3,(H,17,20)(H,18,19). The molecule has 1 aromatic carbocycles. The van der Waals surface area contributed by atoms with Gasteiger partial charge in [-0.25, -0.2) is 0 Å². The normalized spacial score (nSPS) is 18.4. The Labute approximate surface area is 119 Å². The first kappa shape index (κ1) is 14.5. The third kappa shape index (κ3) is 3.57. The zero-order valence-corrected chi connectivity index (χ0v) is 11.7. The lowest BCUT2D eigenvalue weighted by Gasteiger charge is -2.22. The van der Waals surface area contributed by atoms with Crippen molar-refractivity contribution in [3.8, 4) is 0 Å². The highest BCUT2D eigenvalue weighted by Crippen LogP contribution is 2.18. The van der Waals surface area contributed by atoms with Gasteiger partial charge in [0, 0.05) is 13.1 Å². The van der Waals surface area contributed by atoms with E-state index in [1.54, 1.807) is 18.2 Å². The van der Waals surface area contributed by atoms with Crippen LogP contribution in [0, 0.1) is 5.92 Å². The molecule has 1 saturated heterocycles. The summed E-state index contributed by atoms with van der Waals surface area (Å²) in [6.07, 6.45) is 1.90. The summed E-state index contributed by atoms with van der Waals surface area (Å²) in [5.74, 6) is -0.204. The molecule has 0 radical (unpaired) electrons. The van der Waals surface area contributed by atoms with Gasteiger partial charge in [0.1, 0.15) is 0 Å². The van der Waals surface area contributed by atoms with E-state index in [4.69, 9.17) is 0 Å². The predicted octanol–water partition coefficient (Wildman–Crippen LogP) is 1.37. The van der Waals surface area contributed by atoms with Crippen molar-refractivity contribution in [2.45, 2.75) is 19.8 Å². The summed E-state index contributed by atoms with van der Waals surface area (Å²) in [5, 5.41) is 8.85. The molecule has 20 heavy (non-hydrogen) atoms. The van der Waals surface area contributed by atoms with Crippen LogP contribution in [0.25, 0.3) is 0 Å². The lowest BCUT2D eigenvalue weighted by atomic mass is 9.98. The first-order valence-corrected chi connectivity index (χ1v) is 7.11. The number of hydrogen-bond donors (Lipinski definition) is 3. The summed E-state index contributed by atoms with van der Waals surface area (Å²) in [5.41, 5.74) is 1.08. The molecule has 1 aliphatic heterocycles. The molecule has 3 N–H and O–H groups in total. The molecule has 0 aliphatic carbocycles. The van der Waals surface area contributed by atoms with Crippen molar-refractivity contribution >= 4 is 17.5 Å². The minimum absolute atomic E-state index is 0.0195. The minimum atomic E-state index is -0.162. The number of rotatable bonds is 4. The van der Waals surface area contributed by atoms with Gasteiger partial charge in [-0.05, 0) is 38.4 Å². The number of carbonyl (C=O) groups excluding carboxylic acids is 2. The topological polar surface area (TPSA) is 70.2 Å². The van der Waals surface area contributed by atoms with Gasteiger partial charge in [-0.3, -0.25) is 9.59 Å². The molecule has 2 rings (SSSR count). The van der Waals surface area contributed by atoms with E-state index >= 15 is 0 Å². The number of carbonyl (C=O) groups is 2. The molecule has 0 saturated carbocycles. The van der Waals surface area contributed by atoms with Gasteiger partial charge in [-0.15, -0.1) is 0 Å². The number of nitrogens with one attached hydrogen (secondary N) is 3. The fourth-order valence-electron chi connectivity index (χ4n) is 2.36. The molecule has 5 heteroatoms. The van der Waals surface area contributed by atoms with Crippen molar-refractivity contribution in [2.24, 2.45) is 5.92 Å². The maximum absolute atomic E-state index is 12.2. The lowest BCUT2D eigenvalue weighted by molar-refractivity contribution is -0.120. The van der Waals surface area contributed by atoms with E-state index in [2.05, 4.69) is 16.0 Å². The molecule has 0 aromatic heterocycles. The summed E-state index contributed by atoms with van der Waals surface area (Å²) in [4.78, 5) is 24.2. The highest BCUT2D eigenvalue weighted by molar-refractivity contribution is 6.04. The fraction of sp³-hybridized carbons (Fsp3) is 0.467. The van der Waals surface area contributed by atoms with Crippen LogP contribution in [0.2, 0.25) is 0 Å². The van der Waals surface area contributed by atoms with E-state index in [9.17, 15) is 9.59 Å². The lowest BCUT2D eigenvalue weighted by Crippen LogP contribution is -2.37. The zero-order valence-electron chi connectivity index (χ0n) is 11.7. The quantitative estimate of drug-likeness (QED) is 0.777. The zero-order chi connectivity index (χ0) is 14.4. The Morgan fingerprint density at radius 2 is 2.15 bits per heavy atom. The average Bonchev–Trinajstić information content (AvgIpc) is 2.49. The number of amides is 2. The van der Waals surface area contributed by atoms with Gasteiger partial charge in [0.15, 0.2) is 0 Å². The monoisotopic (exact) mass is 275 g/mol. The maximum atomic E-state index is 12.2. The largest absolute Gasteiger partial charge is 0.352 e. The third-order valence-electron chi connectivity index (χ3n) is 3.43. The molecule has 108 valence electrons. The van der Waals surface area contributed by atoms with Gasteiger partial charge >= 0.3 is 0 Å². The van der Waals surface area contributed by atoms with E-state index < -0.39 is 0 Å². The third-order valence-corrected chi connectivity index (χ3v) is 3.43. The first-order valence-electron chi connectivity index (χ1n) is 7.11. The van der Waals surface area contributed by atoms with Crippen molar-refractivity contribution in [2.75, 3.05) is 25.0 Å². The van der Waals surface area contributed by atoms with Crippen molar-refractivity contribution in [3.05, 3.63) is 29.8 Å². The fourth-order valence-corrected chi connectivity index (χ4v) is 2.36. The highest BCUT2D eigenvalue weighted by atomic mass is 16.2. The molecule has 1 heterocycles. The van der Waals surface area contributed by atoms with Crippen molar-refractivity contribution in [1.82, 2.24) is 10.6 Å². The van der Waals surface area contributed by atoms with E-state index in [0.717, 1.165) is 19.4 Å². The number of benzene rings is 1. The Hall–Kier alpha value is -1.88. The van der Waals surface area contributed by atoms with Gasteiger partial charge < -0.3 is 16.0 Å². The Balaban J connectivity index is 2.08. The van der Waals surface area contributed by atoms with E-state index in [0.29, 0.717) is 24.3 Å². The van der Waals surface area contributed by atoms with Gasteiger partial charge in [-0.1, -0.05) is 12.1 Å². The van der Waals surface area contributed by atoms with E-state index in [-0.39, 0.29) is 17.7 Å². The van der Waals surface area contributed by atoms with Crippen LogP contribution < -0.4 is 16.0 Å². The molecule has 1 fully saturated rings. The number of para-hydroxylation sites is 1. The second-order valence-corrected chi connectivity index (χ2v) is 4.94. The second-order valence-electron chi connectivity index (χ2n) is 4.94. The molecule has 5 nitrogen and oxygen atoms in total. The molecule has 1 aromatic rings. The smallest absolute Gasteiger partial charge is 0.253 e. The minimum Gasteiger partial charge on any atom is -0.352 e. The van der Waals surface area contributed by atoms with Gasteiger partial charge in [0.25, 0.3) is 5.91 Å². The molecule has 1 aliphatic rings. The van der Waals surface area contributed by atoms with Crippen LogP contribution in [0.1, 0.15) is 30.1 Å². The first-order chi connectivity index (χ1) is 9.72. The predicted molar refractivity (Wildman–Crippen MR) is 78.7 cm³/mol. The highest BCUT2D eigenvalue weighted by Gasteiger charge is 2.22. The Kier molecular flexibility index (Phi) is 5.12. The van der Waals surface area contributed by atoms with Crippen LogP contribution in [0.15, 0.2) is 24.3 Å². The van der Waals surface area contributed by atoms with E-state index in [1.807, 2.05) is 13.0 Å². The maximum Gasteiger partial charge on any atom is 0.253 e. The van der Waals surface area contributed by atoms with Crippen molar-refractivity contribution < 1.29 is 9.59 Å². The van der Waals surface area contributed by atoms with Crippen LogP contribution in [0.3, 0.4) is 0 Å². The van der Waals surface area contributed by atoms with Gasteiger partial charge in [0.05, 0.1) is 17.2 Å². The van der Waals surface area contributed by atoms with Crippen molar-refractivity contribution in [3.63, 3.8) is 0 Å². The Morgan fingerprint density at radius 3 is 2.85 bits per heavy atom. The molecule has 2 amide bonds. The van der Waals surface area contributed by atoms with Crippen molar-refractivity contribution in [1.29, 1.82) is 0 Å². The van der Waals surface area contributed by atoms with Crippen LogP contribution >= 0.6 is 0 Å². The second kappa shape index (κ2) is 7.05. The summed E-state index contributed by atoms with van der Waals surface area (Å²) >= 11 is 0. The summed E-state index contributed by atoms with van der Waals surface area (Å²) in [6.45, 7) is 4.11. The molecular formula is C15H21N3O2. The summed E-state index contributed by atoms with van der Waals surface area (Å²) in [6, 6.07) is 7.10. The van der Waals surface area contributed by atoms with Gasteiger partial charge in [0.2, 0.25) is 5.91 Å². The van der Waals surface area contributed by atoms with Crippen LogP contribution in [-0.2, 0) is 4.79 Å². The number of piperidine rings is 1. The van der Waals surface area contributed by atoms with Crippen LogP contribution in [-0.4, -0.2) is 31.4 Å². The molecule has 0 spiro atoms.